The second-order valence-corrected chi connectivity index (χ2v) is 8.74. The Morgan fingerprint density at radius 1 is 1.32 bits per heavy atom. The second kappa shape index (κ2) is 6.16. The summed E-state index contributed by atoms with van der Waals surface area (Å²) in [7, 11) is 0. The van der Waals surface area contributed by atoms with Crippen LogP contribution < -0.4 is 5.32 Å². The van der Waals surface area contributed by atoms with E-state index in [2.05, 4.69) is 15.5 Å². The van der Waals surface area contributed by atoms with Crippen molar-refractivity contribution in [1.29, 1.82) is 0 Å². The smallest absolute Gasteiger partial charge is 0.246 e. The van der Waals surface area contributed by atoms with E-state index < -0.39 is 11.3 Å². The molecule has 2 bridgehead atoms. The maximum Gasteiger partial charge on any atom is 0.246 e. The fourth-order valence-electron chi connectivity index (χ4n) is 3.97. The van der Waals surface area contributed by atoms with Crippen LogP contribution >= 0.6 is 11.3 Å². The third-order valence-electron chi connectivity index (χ3n) is 5.99. The molecule has 1 aliphatic heterocycles. The third kappa shape index (κ3) is 2.76. The van der Waals surface area contributed by atoms with Crippen molar-refractivity contribution >= 4 is 34.2 Å². The van der Waals surface area contributed by atoms with Gasteiger partial charge in [0.15, 0.2) is 0 Å². The van der Waals surface area contributed by atoms with Crippen LogP contribution in [0.1, 0.15) is 52.0 Å². The van der Waals surface area contributed by atoms with Gasteiger partial charge in [-0.25, -0.2) is 0 Å². The standard InChI is InChI=1S/C17H24N4O3S/c1-5-6-12-19-20-15(25-12)18-11(22)9-21-13(23)10-7-8-17(4,14(21)24)16(10,2)3/h10H,5-9H2,1-4H3,(H,18,20,22). The van der Waals surface area contributed by atoms with Gasteiger partial charge in [-0.2, -0.15) is 0 Å². The number of aryl methyl sites for hydroxylation is 1. The number of nitrogens with one attached hydrogen (secondary N) is 1. The lowest BCUT2D eigenvalue weighted by molar-refractivity contribution is -0.168. The molecule has 8 heteroatoms. The number of anilines is 1. The molecule has 1 N–H and O–H groups in total. The molecule has 1 aromatic rings. The number of hydrogen-bond acceptors (Lipinski definition) is 6. The number of likely N-dealkylation sites (tertiary alicyclic amines) is 1. The molecule has 3 rings (SSSR count). The summed E-state index contributed by atoms with van der Waals surface area (Å²) >= 11 is 1.32. The highest BCUT2D eigenvalue weighted by molar-refractivity contribution is 7.15. The Morgan fingerprint density at radius 3 is 2.72 bits per heavy atom. The van der Waals surface area contributed by atoms with Crippen LogP contribution in [0.25, 0.3) is 0 Å². The first-order valence-corrected chi connectivity index (χ1v) is 9.50. The quantitative estimate of drug-likeness (QED) is 0.809. The molecule has 1 saturated carbocycles. The average molecular weight is 364 g/mol. The second-order valence-electron chi connectivity index (χ2n) is 7.67. The summed E-state index contributed by atoms with van der Waals surface area (Å²) in [6.07, 6.45) is 3.15. The number of rotatable bonds is 5. The number of fused-ring (bicyclic) bond motifs is 2. The molecular weight excluding hydrogens is 340 g/mol. The van der Waals surface area contributed by atoms with Crippen molar-refractivity contribution < 1.29 is 14.4 Å². The normalized spacial score (nSPS) is 27.7. The summed E-state index contributed by atoms with van der Waals surface area (Å²) in [4.78, 5) is 39.1. The minimum absolute atomic E-state index is 0.208. The minimum atomic E-state index is -0.594. The number of carbonyl (C=O) groups excluding carboxylic acids is 3. The predicted octanol–water partition coefficient (Wildman–Crippen LogP) is 2.24. The summed E-state index contributed by atoms with van der Waals surface area (Å²) in [6, 6.07) is 0. The van der Waals surface area contributed by atoms with Gasteiger partial charge in [-0.3, -0.25) is 24.6 Å². The zero-order valence-electron chi connectivity index (χ0n) is 15.1. The Labute approximate surface area is 151 Å². The van der Waals surface area contributed by atoms with E-state index >= 15 is 0 Å². The van der Waals surface area contributed by atoms with Gasteiger partial charge in [0, 0.05) is 12.3 Å². The molecule has 0 spiro atoms. The molecule has 7 nitrogen and oxygen atoms in total. The molecule has 0 aromatic carbocycles. The van der Waals surface area contributed by atoms with Gasteiger partial charge in [0.25, 0.3) is 0 Å². The summed E-state index contributed by atoms with van der Waals surface area (Å²) in [6.45, 7) is 7.66. The monoisotopic (exact) mass is 364 g/mol. The van der Waals surface area contributed by atoms with E-state index in [9.17, 15) is 14.4 Å². The Balaban J connectivity index is 1.71. The van der Waals surface area contributed by atoms with Crippen LogP contribution in [0.4, 0.5) is 5.13 Å². The van der Waals surface area contributed by atoms with Crippen LogP contribution in [0.3, 0.4) is 0 Å². The van der Waals surface area contributed by atoms with Crippen LogP contribution in [0.5, 0.6) is 0 Å². The summed E-state index contributed by atoms with van der Waals surface area (Å²) in [5, 5.41) is 11.9. The lowest BCUT2D eigenvalue weighted by Crippen LogP contribution is -2.60. The summed E-state index contributed by atoms with van der Waals surface area (Å²) < 4.78 is 0. The van der Waals surface area contributed by atoms with Gasteiger partial charge in [0.1, 0.15) is 11.6 Å². The molecule has 3 amide bonds. The fourth-order valence-corrected chi connectivity index (χ4v) is 4.83. The highest BCUT2D eigenvalue weighted by Crippen LogP contribution is 2.59. The lowest BCUT2D eigenvalue weighted by Gasteiger charge is -2.47. The Kier molecular flexibility index (Phi) is 4.43. The molecular formula is C17H24N4O3S. The maximum atomic E-state index is 12.9. The van der Waals surface area contributed by atoms with Crippen LogP contribution in [-0.2, 0) is 20.8 Å². The molecule has 2 unspecified atom stereocenters. The maximum absolute atomic E-state index is 12.9. The van der Waals surface area contributed by atoms with Gasteiger partial charge in [-0.1, -0.05) is 39.0 Å². The van der Waals surface area contributed by atoms with Crippen LogP contribution in [0, 0.1) is 16.7 Å². The molecule has 2 heterocycles. The van der Waals surface area contributed by atoms with Crippen molar-refractivity contribution in [3.8, 4) is 0 Å². The SMILES string of the molecule is CCCc1nnc(NC(=O)CN2C(=O)C3CCC(C)(C2=O)C3(C)C)s1. The number of nitrogens with zero attached hydrogens (tertiary/aromatic N) is 3. The zero-order chi connectivity index (χ0) is 18.4. The van der Waals surface area contributed by atoms with E-state index in [0.717, 1.165) is 22.7 Å². The molecule has 25 heavy (non-hydrogen) atoms. The number of carbonyl (C=O) groups is 3. The van der Waals surface area contributed by atoms with Crippen LogP contribution in [0.15, 0.2) is 0 Å². The fraction of sp³-hybridized carbons (Fsp3) is 0.706. The third-order valence-corrected chi connectivity index (χ3v) is 6.88. The van der Waals surface area contributed by atoms with Crippen molar-refractivity contribution in [2.24, 2.45) is 16.7 Å². The van der Waals surface area contributed by atoms with Gasteiger partial charge in [-0.15, -0.1) is 10.2 Å². The number of hydrogen-bond donors (Lipinski definition) is 1. The van der Waals surface area contributed by atoms with E-state index in [1.807, 2.05) is 27.7 Å². The van der Waals surface area contributed by atoms with Gasteiger partial charge < -0.3 is 0 Å². The molecule has 1 aliphatic carbocycles. The molecule has 1 aromatic heterocycles. The van der Waals surface area contributed by atoms with Gasteiger partial charge >= 0.3 is 0 Å². The van der Waals surface area contributed by atoms with Crippen molar-refractivity contribution in [1.82, 2.24) is 15.1 Å². The molecule has 2 atom stereocenters. The van der Waals surface area contributed by atoms with Crippen molar-refractivity contribution in [3.05, 3.63) is 5.01 Å². The molecule has 2 fully saturated rings. The highest BCUT2D eigenvalue weighted by Gasteiger charge is 2.64. The summed E-state index contributed by atoms with van der Waals surface area (Å²) in [5.41, 5.74) is -0.967. The van der Waals surface area contributed by atoms with E-state index in [0.29, 0.717) is 18.0 Å². The van der Waals surface area contributed by atoms with Crippen molar-refractivity contribution in [3.63, 3.8) is 0 Å². The van der Waals surface area contributed by atoms with Gasteiger partial charge in [0.05, 0.1) is 5.41 Å². The number of piperidine rings is 1. The Hall–Kier alpha value is -1.83. The predicted molar refractivity (Wildman–Crippen MR) is 93.9 cm³/mol. The molecule has 1 saturated heterocycles. The topological polar surface area (TPSA) is 92.3 Å². The first-order chi connectivity index (χ1) is 11.7. The molecule has 0 radical (unpaired) electrons. The average Bonchev–Trinajstić information content (AvgIpc) is 3.04. The first kappa shape index (κ1) is 18.0. The number of aromatic nitrogens is 2. The van der Waals surface area contributed by atoms with E-state index in [1.165, 1.54) is 11.3 Å². The van der Waals surface area contributed by atoms with E-state index in [4.69, 9.17) is 0 Å². The summed E-state index contributed by atoms with van der Waals surface area (Å²) in [5.74, 6) is -1.09. The largest absolute Gasteiger partial charge is 0.299 e. The van der Waals surface area contributed by atoms with E-state index in [1.54, 1.807) is 0 Å². The number of imide groups is 1. The molecule has 2 aliphatic rings. The molecule has 136 valence electrons. The first-order valence-electron chi connectivity index (χ1n) is 8.68. The lowest BCUT2D eigenvalue weighted by atomic mass is 9.62. The highest BCUT2D eigenvalue weighted by atomic mass is 32.1. The van der Waals surface area contributed by atoms with Crippen LogP contribution in [-0.4, -0.2) is 39.4 Å². The van der Waals surface area contributed by atoms with Crippen molar-refractivity contribution in [2.45, 2.75) is 53.4 Å². The zero-order valence-corrected chi connectivity index (χ0v) is 15.9. The van der Waals surface area contributed by atoms with Gasteiger partial charge in [-0.05, 0) is 24.7 Å². The number of amides is 3. The van der Waals surface area contributed by atoms with E-state index in [-0.39, 0.29) is 29.7 Å². The van der Waals surface area contributed by atoms with Gasteiger partial charge in [0.2, 0.25) is 22.9 Å². The van der Waals surface area contributed by atoms with Crippen LogP contribution in [0.2, 0.25) is 0 Å². The van der Waals surface area contributed by atoms with Crippen molar-refractivity contribution in [2.75, 3.05) is 11.9 Å². The Morgan fingerprint density at radius 2 is 2.04 bits per heavy atom. The minimum Gasteiger partial charge on any atom is -0.299 e. The Bertz CT molecular complexity index is 729.